The lowest BCUT2D eigenvalue weighted by atomic mass is 10.0. The molecule has 4 nitrogen and oxygen atoms in total. The normalized spacial score (nSPS) is 17.7. The van der Waals surface area contributed by atoms with E-state index in [1.807, 2.05) is 35.5 Å². The number of hydrogen-bond donors (Lipinski definition) is 1. The second-order valence-electron chi connectivity index (χ2n) is 6.93. The maximum absolute atomic E-state index is 12.7. The summed E-state index contributed by atoms with van der Waals surface area (Å²) in [5.41, 5.74) is 2.67. The van der Waals surface area contributed by atoms with E-state index in [0.717, 1.165) is 17.9 Å². The fourth-order valence-electron chi connectivity index (χ4n) is 3.04. The van der Waals surface area contributed by atoms with E-state index in [0.29, 0.717) is 5.56 Å². The predicted molar refractivity (Wildman–Crippen MR) is 94.0 cm³/mol. The van der Waals surface area contributed by atoms with Gasteiger partial charge in [-0.1, -0.05) is 18.2 Å². The van der Waals surface area contributed by atoms with E-state index in [2.05, 4.69) is 43.3 Å². The van der Waals surface area contributed by atoms with Crippen LogP contribution in [0.15, 0.2) is 35.4 Å². The van der Waals surface area contributed by atoms with Gasteiger partial charge in [0.25, 0.3) is 5.91 Å². The van der Waals surface area contributed by atoms with Crippen molar-refractivity contribution in [3.05, 3.63) is 47.3 Å². The van der Waals surface area contributed by atoms with Crippen LogP contribution >= 0.6 is 11.8 Å². The lowest BCUT2D eigenvalue weighted by Gasteiger charge is -2.26. The van der Waals surface area contributed by atoms with E-state index in [9.17, 15) is 4.79 Å². The lowest BCUT2D eigenvalue weighted by molar-refractivity contribution is 0.0934. The summed E-state index contributed by atoms with van der Waals surface area (Å²) in [4.78, 5) is 14.0. The summed E-state index contributed by atoms with van der Waals surface area (Å²) in [6.45, 7) is 8.22. The number of rotatable bonds is 2. The maximum Gasteiger partial charge on any atom is 0.255 e. The molecule has 3 rings (SSSR count). The molecule has 2 aromatic rings. The van der Waals surface area contributed by atoms with E-state index in [-0.39, 0.29) is 17.5 Å². The third kappa shape index (κ3) is 3.15. The van der Waals surface area contributed by atoms with E-state index >= 15 is 0 Å². The first kappa shape index (κ1) is 16.1. The molecule has 0 saturated carbocycles. The lowest BCUT2D eigenvalue weighted by Crippen LogP contribution is -2.31. The molecule has 0 bridgehead atoms. The Morgan fingerprint density at radius 2 is 2.09 bits per heavy atom. The van der Waals surface area contributed by atoms with Crippen molar-refractivity contribution in [1.82, 2.24) is 15.1 Å². The molecule has 1 aliphatic heterocycles. The zero-order valence-electron chi connectivity index (χ0n) is 14.1. The van der Waals surface area contributed by atoms with Crippen LogP contribution in [0.4, 0.5) is 0 Å². The van der Waals surface area contributed by atoms with E-state index in [4.69, 9.17) is 0 Å². The molecule has 1 aromatic carbocycles. The van der Waals surface area contributed by atoms with Crippen molar-refractivity contribution in [3.8, 4) is 0 Å². The van der Waals surface area contributed by atoms with Gasteiger partial charge in [-0.15, -0.1) is 11.8 Å². The van der Waals surface area contributed by atoms with Gasteiger partial charge in [0.1, 0.15) is 0 Å². The average molecular weight is 329 g/mol. The third-order valence-electron chi connectivity index (χ3n) is 4.15. The first-order valence-electron chi connectivity index (χ1n) is 7.95. The van der Waals surface area contributed by atoms with Gasteiger partial charge >= 0.3 is 0 Å². The van der Waals surface area contributed by atoms with E-state index < -0.39 is 0 Å². The summed E-state index contributed by atoms with van der Waals surface area (Å²) in [6.07, 6.45) is 2.64. The first-order valence-corrected chi connectivity index (χ1v) is 8.94. The molecule has 1 N–H and O–H groups in total. The van der Waals surface area contributed by atoms with Crippen molar-refractivity contribution in [3.63, 3.8) is 0 Å². The van der Waals surface area contributed by atoms with Gasteiger partial charge in [0.15, 0.2) is 0 Å². The zero-order valence-corrected chi connectivity index (χ0v) is 14.9. The molecule has 0 saturated heterocycles. The molecule has 1 atom stereocenters. The molecule has 0 aliphatic carbocycles. The number of nitrogens with one attached hydrogen (secondary N) is 1. The van der Waals surface area contributed by atoms with Crippen molar-refractivity contribution >= 4 is 17.7 Å². The Hall–Kier alpha value is -1.75. The van der Waals surface area contributed by atoms with Crippen LogP contribution in [0.3, 0.4) is 0 Å². The Bertz CT molecular complexity index is 730. The predicted octanol–water partition coefficient (Wildman–Crippen LogP) is 3.91. The summed E-state index contributed by atoms with van der Waals surface area (Å²) in [5, 5.41) is 7.59. The van der Waals surface area contributed by atoms with Crippen molar-refractivity contribution in [2.24, 2.45) is 0 Å². The highest BCUT2D eigenvalue weighted by Gasteiger charge is 2.25. The van der Waals surface area contributed by atoms with Gasteiger partial charge < -0.3 is 5.32 Å². The Morgan fingerprint density at radius 3 is 2.78 bits per heavy atom. The molecule has 5 heteroatoms. The minimum atomic E-state index is -0.128. The summed E-state index contributed by atoms with van der Waals surface area (Å²) < 4.78 is 1.91. The number of amides is 1. The highest BCUT2D eigenvalue weighted by molar-refractivity contribution is 7.99. The topological polar surface area (TPSA) is 46.9 Å². The van der Waals surface area contributed by atoms with Crippen molar-refractivity contribution in [2.45, 2.75) is 50.6 Å². The maximum atomic E-state index is 12.7. The smallest absolute Gasteiger partial charge is 0.255 e. The Kier molecular flexibility index (Phi) is 4.23. The van der Waals surface area contributed by atoms with Gasteiger partial charge in [0, 0.05) is 16.3 Å². The van der Waals surface area contributed by atoms with Crippen LogP contribution in [0.25, 0.3) is 0 Å². The molecular weight excluding hydrogens is 306 g/mol. The number of hydrogen-bond acceptors (Lipinski definition) is 3. The molecule has 1 aromatic heterocycles. The van der Waals surface area contributed by atoms with Gasteiger partial charge in [-0.05, 0) is 45.7 Å². The van der Waals surface area contributed by atoms with E-state index in [1.165, 1.54) is 10.5 Å². The summed E-state index contributed by atoms with van der Waals surface area (Å²) >= 11 is 1.86. The van der Waals surface area contributed by atoms with Gasteiger partial charge in [-0.3, -0.25) is 9.48 Å². The van der Waals surface area contributed by atoms with Crippen molar-refractivity contribution in [1.29, 1.82) is 0 Å². The molecule has 0 spiro atoms. The monoisotopic (exact) mass is 329 g/mol. The van der Waals surface area contributed by atoms with Gasteiger partial charge in [-0.2, -0.15) is 5.10 Å². The molecule has 0 fully saturated rings. The molecular formula is C18H23N3OS. The van der Waals surface area contributed by atoms with Gasteiger partial charge in [-0.25, -0.2) is 0 Å². The minimum Gasteiger partial charge on any atom is -0.345 e. The molecule has 23 heavy (non-hydrogen) atoms. The van der Waals surface area contributed by atoms with Crippen LogP contribution in [-0.4, -0.2) is 21.4 Å². The van der Waals surface area contributed by atoms with Crippen molar-refractivity contribution in [2.75, 3.05) is 5.75 Å². The average Bonchev–Trinajstić information content (AvgIpc) is 2.89. The van der Waals surface area contributed by atoms with Gasteiger partial charge in [0.2, 0.25) is 0 Å². The molecule has 2 heterocycles. The van der Waals surface area contributed by atoms with Crippen LogP contribution in [0.2, 0.25) is 0 Å². The van der Waals surface area contributed by atoms with E-state index in [1.54, 1.807) is 6.20 Å². The third-order valence-corrected chi connectivity index (χ3v) is 5.28. The Balaban J connectivity index is 1.83. The summed E-state index contributed by atoms with van der Waals surface area (Å²) in [5.74, 6) is 0.993. The number of aromatic nitrogens is 2. The summed E-state index contributed by atoms with van der Waals surface area (Å²) in [6, 6.07) is 8.40. The number of thioether (sulfide) groups is 1. The highest BCUT2D eigenvalue weighted by Crippen LogP contribution is 2.36. The summed E-state index contributed by atoms with van der Waals surface area (Å²) in [7, 11) is 0. The van der Waals surface area contributed by atoms with Crippen LogP contribution < -0.4 is 5.32 Å². The largest absolute Gasteiger partial charge is 0.345 e. The van der Waals surface area contributed by atoms with Crippen LogP contribution in [0.5, 0.6) is 0 Å². The number of nitrogens with zero attached hydrogens (tertiary/aromatic N) is 2. The Labute approximate surface area is 141 Å². The standard InChI is InChI=1S/C18H23N3OS/c1-12-14(11-19-21(12)18(2,3)4)17(22)20-15-9-10-23-16-8-6-5-7-13(15)16/h5-8,11,15H,9-10H2,1-4H3,(H,20,22). The minimum absolute atomic E-state index is 0.0373. The first-order chi connectivity index (χ1) is 10.9. The SMILES string of the molecule is Cc1c(C(=O)NC2CCSc3ccccc32)cnn1C(C)(C)C. The zero-order chi connectivity index (χ0) is 16.6. The number of carbonyl (C=O) groups is 1. The molecule has 122 valence electrons. The fraction of sp³-hybridized carbons (Fsp3) is 0.444. The van der Waals surface area contributed by atoms with Crippen LogP contribution in [-0.2, 0) is 5.54 Å². The van der Waals surface area contributed by atoms with Gasteiger partial charge in [0.05, 0.1) is 23.3 Å². The number of carbonyl (C=O) groups excluding carboxylic acids is 1. The van der Waals surface area contributed by atoms with Crippen LogP contribution in [0.1, 0.15) is 54.8 Å². The molecule has 1 amide bonds. The molecule has 1 unspecified atom stereocenters. The fourth-order valence-corrected chi connectivity index (χ4v) is 4.16. The second kappa shape index (κ2) is 6.04. The number of fused-ring (bicyclic) bond motifs is 1. The Morgan fingerprint density at radius 1 is 1.35 bits per heavy atom. The quantitative estimate of drug-likeness (QED) is 0.908. The van der Waals surface area contributed by atoms with Crippen molar-refractivity contribution < 1.29 is 4.79 Å². The molecule has 0 radical (unpaired) electrons. The van der Waals surface area contributed by atoms with Crippen LogP contribution in [0, 0.1) is 6.92 Å². The highest BCUT2D eigenvalue weighted by atomic mass is 32.2. The second-order valence-corrected chi connectivity index (χ2v) is 8.06. The number of benzene rings is 1. The molecule has 1 aliphatic rings.